The maximum atomic E-state index is 11.3. The van der Waals surface area contributed by atoms with Gasteiger partial charge in [0.05, 0.1) is 6.20 Å². The number of carbonyl (C=O) groups excluding carboxylic acids is 1. The number of carbonyl (C=O) groups is 2. The van der Waals surface area contributed by atoms with Crippen LogP contribution in [0.5, 0.6) is 11.5 Å². The smallest absolute Gasteiger partial charge is 0.339 e. The highest BCUT2D eigenvalue weighted by molar-refractivity contribution is 5.94. The lowest BCUT2D eigenvalue weighted by Crippen LogP contribution is -2.18. The van der Waals surface area contributed by atoms with E-state index >= 15 is 0 Å². The van der Waals surface area contributed by atoms with Gasteiger partial charge in [0.25, 0.3) is 0 Å². The number of amides is 1. The molecule has 0 saturated carbocycles. The van der Waals surface area contributed by atoms with E-state index in [1.807, 2.05) is 0 Å². The topological polar surface area (TPSA) is 88.5 Å². The molecule has 0 spiro atoms. The molecule has 1 aliphatic rings. The third kappa shape index (κ3) is 2.69. The number of pyridine rings is 1. The normalized spacial score (nSPS) is 13.2. The van der Waals surface area contributed by atoms with E-state index in [1.54, 1.807) is 18.2 Å². The molecular formula is C15H12N2O4. The van der Waals surface area contributed by atoms with Crippen LogP contribution in [-0.2, 0) is 11.2 Å². The summed E-state index contributed by atoms with van der Waals surface area (Å²) in [7, 11) is 0. The molecule has 0 atom stereocenters. The van der Waals surface area contributed by atoms with Gasteiger partial charge in [0, 0.05) is 18.3 Å². The number of carboxylic acids is 1. The number of ether oxygens (including phenoxy) is 1. The van der Waals surface area contributed by atoms with Gasteiger partial charge in [-0.05, 0) is 36.2 Å². The Kier molecular flexibility index (Phi) is 3.27. The lowest BCUT2D eigenvalue weighted by molar-refractivity contribution is -0.116. The number of fused-ring (bicyclic) bond motifs is 1. The molecule has 0 aliphatic carbocycles. The van der Waals surface area contributed by atoms with Gasteiger partial charge in [0.15, 0.2) is 5.75 Å². The van der Waals surface area contributed by atoms with Crippen molar-refractivity contribution in [2.24, 2.45) is 0 Å². The molecule has 6 heteroatoms. The summed E-state index contributed by atoms with van der Waals surface area (Å²) in [6, 6.07) is 6.62. The third-order valence-corrected chi connectivity index (χ3v) is 3.21. The Morgan fingerprint density at radius 1 is 1.29 bits per heavy atom. The van der Waals surface area contributed by atoms with Crippen molar-refractivity contribution in [3.05, 3.63) is 47.8 Å². The number of hydrogen-bond donors (Lipinski definition) is 2. The molecule has 0 saturated heterocycles. The van der Waals surface area contributed by atoms with E-state index in [1.165, 1.54) is 18.5 Å². The van der Waals surface area contributed by atoms with Crippen LogP contribution in [0.4, 0.5) is 5.69 Å². The summed E-state index contributed by atoms with van der Waals surface area (Å²) in [5, 5.41) is 11.9. The van der Waals surface area contributed by atoms with E-state index in [9.17, 15) is 9.59 Å². The van der Waals surface area contributed by atoms with E-state index < -0.39 is 5.97 Å². The van der Waals surface area contributed by atoms with Crippen LogP contribution in [0.2, 0.25) is 0 Å². The lowest BCUT2D eigenvalue weighted by atomic mass is 10.0. The molecule has 1 aliphatic heterocycles. The molecule has 2 aromatic rings. The van der Waals surface area contributed by atoms with Gasteiger partial charge in [-0.3, -0.25) is 9.78 Å². The Balaban J connectivity index is 1.89. The Morgan fingerprint density at radius 3 is 2.95 bits per heavy atom. The number of rotatable bonds is 3. The van der Waals surface area contributed by atoms with Gasteiger partial charge in [-0.15, -0.1) is 0 Å². The van der Waals surface area contributed by atoms with E-state index in [0.717, 1.165) is 11.3 Å². The summed E-state index contributed by atoms with van der Waals surface area (Å²) >= 11 is 0. The van der Waals surface area contributed by atoms with Crippen molar-refractivity contribution < 1.29 is 19.4 Å². The molecule has 0 fully saturated rings. The van der Waals surface area contributed by atoms with Gasteiger partial charge in [0.2, 0.25) is 5.91 Å². The standard InChI is InChI=1S/C15H12N2O4/c18-14-4-1-9-7-10(2-3-12(9)17-14)21-13-8-16-6-5-11(13)15(19)20/h2-3,5-8H,1,4H2,(H,17,18)(H,19,20). The first-order valence-electron chi connectivity index (χ1n) is 6.41. The number of nitrogens with zero attached hydrogens (tertiary/aromatic N) is 1. The van der Waals surface area contributed by atoms with Crippen molar-refractivity contribution in [3.63, 3.8) is 0 Å². The van der Waals surface area contributed by atoms with Crippen LogP contribution in [0.3, 0.4) is 0 Å². The fraction of sp³-hybridized carbons (Fsp3) is 0.133. The summed E-state index contributed by atoms with van der Waals surface area (Å²) in [6.45, 7) is 0. The van der Waals surface area contributed by atoms with Crippen LogP contribution in [0.1, 0.15) is 22.3 Å². The minimum atomic E-state index is -1.07. The van der Waals surface area contributed by atoms with Gasteiger partial charge in [0.1, 0.15) is 11.3 Å². The lowest BCUT2D eigenvalue weighted by Gasteiger charge is -2.17. The molecule has 0 unspecified atom stereocenters. The Bertz CT molecular complexity index is 727. The zero-order valence-electron chi connectivity index (χ0n) is 11.0. The highest BCUT2D eigenvalue weighted by Gasteiger charge is 2.16. The summed E-state index contributed by atoms with van der Waals surface area (Å²) in [6.07, 6.45) is 3.84. The predicted molar refractivity (Wildman–Crippen MR) is 74.7 cm³/mol. The number of nitrogens with one attached hydrogen (secondary N) is 1. The molecule has 21 heavy (non-hydrogen) atoms. The van der Waals surface area contributed by atoms with Gasteiger partial charge < -0.3 is 15.2 Å². The Hall–Kier alpha value is -2.89. The van der Waals surface area contributed by atoms with Crippen molar-refractivity contribution in [1.29, 1.82) is 0 Å². The first-order valence-corrected chi connectivity index (χ1v) is 6.41. The van der Waals surface area contributed by atoms with Crippen LogP contribution < -0.4 is 10.1 Å². The number of aromatic nitrogens is 1. The van der Waals surface area contributed by atoms with Crippen molar-refractivity contribution in [1.82, 2.24) is 4.98 Å². The molecule has 2 heterocycles. The van der Waals surface area contributed by atoms with Crippen molar-refractivity contribution in [3.8, 4) is 11.5 Å². The monoisotopic (exact) mass is 284 g/mol. The molecule has 6 nitrogen and oxygen atoms in total. The minimum absolute atomic E-state index is 0.00316. The summed E-state index contributed by atoms with van der Waals surface area (Å²) < 4.78 is 5.61. The van der Waals surface area contributed by atoms with E-state index in [-0.39, 0.29) is 17.2 Å². The maximum Gasteiger partial charge on any atom is 0.339 e. The second-order valence-corrected chi connectivity index (χ2v) is 4.65. The van der Waals surface area contributed by atoms with Crippen molar-refractivity contribution in [2.75, 3.05) is 5.32 Å². The molecule has 2 N–H and O–H groups in total. The summed E-state index contributed by atoms with van der Waals surface area (Å²) in [5.41, 5.74) is 1.78. The average molecular weight is 284 g/mol. The van der Waals surface area contributed by atoms with Crippen molar-refractivity contribution in [2.45, 2.75) is 12.8 Å². The second kappa shape index (κ2) is 5.24. The van der Waals surface area contributed by atoms with Gasteiger partial charge in [-0.2, -0.15) is 0 Å². The number of hydrogen-bond acceptors (Lipinski definition) is 4. The predicted octanol–water partition coefficient (Wildman–Crippen LogP) is 2.46. The van der Waals surface area contributed by atoms with E-state index in [4.69, 9.17) is 9.84 Å². The zero-order valence-corrected chi connectivity index (χ0v) is 11.0. The number of aromatic carboxylic acids is 1. The summed E-state index contributed by atoms with van der Waals surface area (Å²) in [5.74, 6) is -0.376. The van der Waals surface area contributed by atoms with E-state index in [0.29, 0.717) is 18.6 Å². The molecule has 1 aromatic heterocycles. The molecular weight excluding hydrogens is 272 g/mol. The quantitative estimate of drug-likeness (QED) is 0.903. The molecule has 0 radical (unpaired) electrons. The Labute approximate surface area is 120 Å². The number of aryl methyl sites for hydroxylation is 1. The largest absolute Gasteiger partial charge is 0.478 e. The van der Waals surface area contributed by atoms with Crippen molar-refractivity contribution >= 4 is 17.6 Å². The molecule has 3 rings (SSSR count). The molecule has 106 valence electrons. The number of carboxylic acid groups (broad SMARTS) is 1. The fourth-order valence-electron chi connectivity index (χ4n) is 2.19. The molecule has 1 amide bonds. The zero-order chi connectivity index (χ0) is 14.8. The molecule has 0 bridgehead atoms. The SMILES string of the molecule is O=C1CCc2cc(Oc3cnccc3C(=O)O)ccc2N1. The van der Waals surface area contributed by atoms with Crippen LogP contribution in [0, 0.1) is 0 Å². The maximum absolute atomic E-state index is 11.3. The third-order valence-electron chi connectivity index (χ3n) is 3.21. The number of benzene rings is 1. The van der Waals surface area contributed by atoms with Gasteiger partial charge in [-0.1, -0.05) is 0 Å². The first-order chi connectivity index (χ1) is 10.1. The summed E-state index contributed by atoms with van der Waals surface area (Å²) in [4.78, 5) is 26.3. The second-order valence-electron chi connectivity index (χ2n) is 4.65. The van der Waals surface area contributed by atoms with Gasteiger partial charge >= 0.3 is 5.97 Å². The molecule has 1 aromatic carbocycles. The highest BCUT2D eigenvalue weighted by atomic mass is 16.5. The number of anilines is 1. The Morgan fingerprint density at radius 2 is 2.14 bits per heavy atom. The van der Waals surface area contributed by atoms with Crippen LogP contribution >= 0.6 is 0 Å². The first kappa shape index (κ1) is 13.1. The fourth-order valence-corrected chi connectivity index (χ4v) is 2.19. The van der Waals surface area contributed by atoms with Crippen LogP contribution in [0.15, 0.2) is 36.7 Å². The minimum Gasteiger partial charge on any atom is -0.478 e. The van der Waals surface area contributed by atoms with Gasteiger partial charge in [-0.25, -0.2) is 4.79 Å². The average Bonchev–Trinajstić information content (AvgIpc) is 2.48. The van der Waals surface area contributed by atoms with Crippen LogP contribution in [0.25, 0.3) is 0 Å². The van der Waals surface area contributed by atoms with E-state index in [2.05, 4.69) is 10.3 Å². The highest BCUT2D eigenvalue weighted by Crippen LogP contribution is 2.30. The van der Waals surface area contributed by atoms with Crippen LogP contribution in [-0.4, -0.2) is 22.0 Å².